The molecule has 0 unspecified atom stereocenters. The van der Waals surface area contributed by atoms with Gasteiger partial charge in [0.15, 0.2) is 5.75 Å². The number of pyridine rings is 1. The van der Waals surface area contributed by atoms with E-state index in [2.05, 4.69) is 26.0 Å². The Bertz CT molecular complexity index is 522. The van der Waals surface area contributed by atoms with E-state index in [0.29, 0.717) is 0 Å². The van der Waals surface area contributed by atoms with Crippen LogP contribution in [0.5, 0.6) is 11.5 Å². The molecule has 1 fully saturated rings. The Balaban J connectivity index is 1.72. The van der Waals surface area contributed by atoms with E-state index >= 15 is 0 Å². The van der Waals surface area contributed by atoms with Crippen LogP contribution >= 0.6 is 15.9 Å². The van der Waals surface area contributed by atoms with Gasteiger partial charge in [0.05, 0.1) is 16.9 Å². The van der Waals surface area contributed by atoms with Crippen LogP contribution in [-0.2, 0) is 6.54 Å². The number of halogens is 1. The molecule has 2 aromatic rings. The molecule has 1 aliphatic rings. The van der Waals surface area contributed by atoms with Crippen LogP contribution in [0.25, 0.3) is 0 Å². The first-order valence-corrected chi connectivity index (χ1v) is 6.40. The molecule has 0 N–H and O–H groups in total. The molecule has 3 rings (SSSR count). The van der Waals surface area contributed by atoms with Gasteiger partial charge in [0.1, 0.15) is 5.75 Å². The molecule has 1 aliphatic carbocycles. The Labute approximate surface area is 108 Å². The van der Waals surface area contributed by atoms with E-state index in [1.807, 2.05) is 16.9 Å². The molecule has 88 valence electrons. The summed E-state index contributed by atoms with van der Waals surface area (Å²) in [5.74, 6) is 2.33. The van der Waals surface area contributed by atoms with Gasteiger partial charge in [-0.15, -0.1) is 0 Å². The summed E-state index contributed by atoms with van der Waals surface area (Å²) in [6, 6.07) is 1.82. The highest BCUT2D eigenvalue weighted by Crippen LogP contribution is 2.32. The standard InChI is InChI=1S/C12H12BrN3O/c13-11-6-14-4-3-12(11)17-10-5-15-16(8-10)7-9-1-2-9/h3-6,8-9H,1-2,7H2. The highest BCUT2D eigenvalue weighted by molar-refractivity contribution is 9.10. The van der Waals surface area contributed by atoms with Crippen molar-refractivity contribution >= 4 is 15.9 Å². The van der Waals surface area contributed by atoms with Crippen LogP contribution in [0.1, 0.15) is 12.8 Å². The maximum atomic E-state index is 5.72. The second kappa shape index (κ2) is 4.49. The van der Waals surface area contributed by atoms with Crippen molar-refractivity contribution in [3.05, 3.63) is 35.3 Å². The van der Waals surface area contributed by atoms with Gasteiger partial charge in [0.2, 0.25) is 0 Å². The smallest absolute Gasteiger partial charge is 0.165 e. The lowest BCUT2D eigenvalue weighted by Gasteiger charge is -2.03. The Morgan fingerprint density at radius 1 is 1.41 bits per heavy atom. The van der Waals surface area contributed by atoms with Crippen molar-refractivity contribution in [1.82, 2.24) is 14.8 Å². The monoisotopic (exact) mass is 293 g/mol. The average molecular weight is 294 g/mol. The lowest BCUT2D eigenvalue weighted by Crippen LogP contribution is -1.99. The molecule has 0 amide bonds. The second-order valence-corrected chi connectivity index (χ2v) is 5.10. The Hall–Kier alpha value is -1.36. The van der Waals surface area contributed by atoms with Gasteiger partial charge < -0.3 is 4.74 Å². The minimum Gasteiger partial charge on any atom is -0.453 e. The molecule has 0 aromatic carbocycles. The zero-order chi connectivity index (χ0) is 11.7. The van der Waals surface area contributed by atoms with Gasteiger partial charge in [0.25, 0.3) is 0 Å². The van der Waals surface area contributed by atoms with Crippen LogP contribution in [0.4, 0.5) is 0 Å². The van der Waals surface area contributed by atoms with Gasteiger partial charge in [-0.1, -0.05) is 0 Å². The molecule has 2 aromatic heterocycles. The number of aromatic nitrogens is 3. The van der Waals surface area contributed by atoms with Crippen molar-refractivity contribution in [2.24, 2.45) is 5.92 Å². The summed E-state index contributed by atoms with van der Waals surface area (Å²) in [5.41, 5.74) is 0. The van der Waals surface area contributed by atoms with E-state index in [4.69, 9.17) is 4.74 Å². The molecular formula is C12H12BrN3O. The third kappa shape index (κ3) is 2.66. The van der Waals surface area contributed by atoms with E-state index in [1.165, 1.54) is 12.8 Å². The molecule has 0 saturated heterocycles. The summed E-state index contributed by atoms with van der Waals surface area (Å²) >= 11 is 3.40. The van der Waals surface area contributed by atoms with Crippen molar-refractivity contribution < 1.29 is 4.74 Å². The molecule has 4 nitrogen and oxygen atoms in total. The van der Waals surface area contributed by atoms with Crippen molar-refractivity contribution in [3.63, 3.8) is 0 Å². The number of ether oxygens (including phenoxy) is 1. The van der Waals surface area contributed by atoms with E-state index in [-0.39, 0.29) is 0 Å². The first kappa shape index (κ1) is 10.8. The molecule has 0 bridgehead atoms. The largest absolute Gasteiger partial charge is 0.453 e. The molecular weight excluding hydrogens is 282 g/mol. The molecule has 5 heteroatoms. The maximum Gasteiger partial charge on any atom is 0.165 e. The number of nitrogens with zero attached hydrogens (tertiary/aromatic N) is 3. The molecule has 17 heavy (non-hydrogen) atoms. The van der Waals surface area contributed by atoms with Crippen LogP contribution in [0.15, 0.2) is 35.3 Å². The van der Waals surface area contributed by atoms with Crippen molar-refractivity contribution in [3.8, 4) is 11.5 Å². The summed E-state index contributed by atoms with van der Waals surface area (Å²) in [7, 11) is 0. The molecule has 0 spiro atoms. The predicted molar refractivity (Wildman–Crippen MR) is 67.0 cm³/mol. The minimum atomic E-state index is 0.756. The Kier molecular flexibility index (Phi) is 2.84. The molecule has 0 radical (unpaired) electrons. The van der Waals surface area contributed by atoms with E-state index < -0.39 is 0 Å². The number of hydrogen-bond donors (Lipinski definition) is 0. The number of rotatable bonds is 4. The lowest BCUT2D eigenvalue weighted by molar-refractivity contribution is 0.476. The van der Waals surface area contributed by atoms with Crippen molar-refractivity contribution in [2.45, 2.75) is 19.4 Å². The molecule has 2 heterocycles. The van der Waals surface area contributed by atoms with Crippen molar-refractivity contribution in [1.29, 1.82) is 0 Å². The topological polar surface area (TPSA) is 39.9 Å². The predicted octanol–water partition coefficient (Wildman–Crippen LogP) is 3.24. The van der Waals surface area contributed by atoms with Gasteiger partial charge in [-0.05, 0) is 34.7 Å². The number of hydrogen-bond acceptors (Lipinski definition) is 3. The van der Waals surface area contributed by atoms with E-state index in [9.17, 15) is 0 Å². The highest BCUT2D eigenvalue weighted by atomic mass is 79.9. The molecule has 0 atom stereocenters. The molecule has 0 aliphatic heterocycles. The first-order chi connectivity index (χ1) is 8.31. The third-order valence-corrected chi connectivity index (χ3v) is 3.31. The highest BCUT2D eigenvalue weighted by Gasteiger charge is 2.22. The van der Waals surface area contributed by atoms with Crippen LogP contribution in [0.3, 0.4) is 0 Å². The summed E-state index contributed by atoms with van der Waals surface area (Å²) in [5, 5.41) is 4.28. The van der Waals surface area contributed by atoms with Gasteiger partial charge in [-0.25, -0.2) is 0 Å². The fraction of sp³-hybridized carbons (Fsp3) is 0.333. The van der Waals surface area contributed by atoms with Gasteiger partial charge >= 0.3 is 0 Å². The Morgan fingerprint density at radius 2 is 2.29 bits per heavy atom. The summed E-state index contributed by atoms with van der Waals surface area (Å²) in [6.45, 7) is 1.00. The summed E-state index contributed by atoms with van der Waals surface area (Å²) < 4.78 is 8.51. The van der Waals surface area contributed by atoms with E-state index in [0.717, 1.165) is 28.4 Å². The fourth-order valence-electron chi connectivity index (χ4n) is 1.63. The van der Waals surface area contributed by atoms with Gasteiger partial charge in [0, 0.05) is 25.0 Å². The summed E-state index contributed by atoms with van der Waals surface area (Å²) in [6.07, 6.45) is 9.75. The maximum absolute atomic E-state index is 5.72. The second-order valence-electron chi connectivity index (χ2n) is 4.25. The van der Waals surface area contributed by atoms with Crippen molar-refractivity contribution in [2.75, 3.05) is 0 Å². The third-order valence-electron chi connectivity index (χ3n) is 2.71. The SMILES string of the molecule is Brc1cnccc1Oc1cnn(CC2CC2)c1. The van der Waals surface area contributed by atoms with Crippen LogP contribution in [-0.4, -0.2) is 14.8 Å². The average Bonchev–Trinajstić information content (AvgIpc) is 3.02. The van der Waals surface area contributed by atoms with Crippen LogP contribution in [0, 0.1) is 5.92 Å². The Morgan fingerprint density at radius 3 is 3.06 bits per heavy atom. The molecule has 1 saturated carbocycles. The lowest BCUT2D eigenvalue weighted by atomic mass is 10.4. The fourth-order valence-corrected chi connectivity index (χ4v) is 1.97. The summed E-state index contributed by atoms with van der Waals surface area (Å²) in [4.78, 5) is 3.99. The van der Waals surface area contributed by atoms with E-state index in [1.54, 1.807) is 18.6 Å². The minimum absolute atomic E-state index is 0.756. The normalized spacial score (nSPS) is 14.9. The van der Waals surface area contributed by atoms with Crippen LogP contribution in [0.2, 0.25) is 0 Å². The van der Waals surface area contributed by atoms with Gasteiger partial charge in [-0.3, -0.25) is 9.67 Å². The zero-order valence-corrected chi connectivity index (χ0v) is 10.8. The zero-order valence-electron chi connectivity index (χ0n) is 9.21. The van der Waals surface area contributed by atoms with Gasteiger partial charge in [-0.2, -0.15) is 5.10 Å². The first-order valence-electron chi connectivity index (χ1n) is 5.61. The van der Waals surface area contributed by atoms with Crippen LogP contribution < -0.4 is 4.74 Å². The quantitative estimate of drug-likeness (QED) is 0.869.